The van der Waals surface area contributed by atoms with Crippen LogP contribution in [0.3, 0.4) is 0 Å². The van der Waals surface area contributed by atoms with Crippen molar-refractivity contribution in [3.05, 3.63) is 68.8 Å². The van der Waals surface area contributed by atoms with E-state index >= 15 is 0 Å². The predicted molar refractivity (Wildman–Crippen MR) is 226 cm³/mol. The van der Waals surface area contributed by atoms with Crippen molar-refractivity contribution >= 4 is 80.0 Å². The number of hydrogen-bond donors (Lipinski definition) is 4. The third-order valence-electron chi connectivity index (χ3n) is 10.0. The Balaban J connectivity index is 0.858. The quantitative estimate of drug-likeness (QED) is 0.0863. The number of aromatic amines is 1. The Kier molecular flexibility index (Phi) is 15.2. The van der Waals surface area contributed by atoms with Gasteiger partial charge in [0.05, 0.1) is 46.0 Å². The van der Waals surface area contributed by atoms with E-state index in [4.69, 9.17) is 33.0 Å². The molecule has 1 fully saturated rings. The molecule has 5 heterocycles. The zero-order chi connectivity index (χ0) is 42.1. The van der Waals surface area contributed by atoms with Gasteiger partial charge in [-0.25, -0.2) is 0 Å². The van der Waals surface area contributed by atoms with Gasteiger partial charge in [-0.15, -0.1) is 11.3 Å². The first-order valence-corrected chi connectivity index (χ1v) is 21.0. The molecule has 59 heavy (non-hydrogen) atoms. The van der Waals surface area contributed by atoms with Gasteiger partial charge in [-0.1, -0.05) is 29.3 Å². The monoisotopic (exact) mass is 869 g/mol. The Morgan fingerprint density at radius 3 is 2.51 bits per heavy atom. The van der Waals surface area contributed by atoms with E-state index in [1.165, 1.54) is 17.4 Å². The van der Waals surface area contributed by atoms with Crippen LogP contribution in [0.1, 0.15) is 29.0 Å². The topological polar surface area (TPSA) is 185 Å². The van der Waals surface area contributed by atoms with E-state index in [1.807, 2.05) is 43.4 Å². The molecule has 6 rings (SSSR count). The molecule has 5 amide bonds. The predicted octanol–water partition coefficient (Wildman–Crippen LogP) is 2.84. The molecule has 4 N–H and O–H groups in total. The van der Waals surface area contributed by atoms with Gasteiger partial charge in [0.25, 0.3) is 0 Å². The van der Waals surface area contributed by atoms with E-state index in [0.717, 1.165) is 32.1 Å². The fourth-order valence-corrected chi connectivity index (χ4v) is 8.39. The summed E-state index contributed by atoms with van der Waals surface area (Å²) in [6.45, 7) is 3.39. The molecule has 0 unspecified atom stereocenters. The van der Waals surface area contributed by atoms with E-state index in [1.54, 1.807) is 31.5 Å². The van der Waals surface area contributed by atoms with E-state index in [9.17, 15) is 29.1 Å². The molecule has 0 bridgehead atoms. The minimum Gasteiger partial charge on any atom is -0.387 e. The van der Waals surface area contributed by atoms with Crippen LogP contribution in [0.15, 0.2) is 42.6 Å². The molecule has 1 saturated heterocycles. The van der Waals surface area contributed by atoms with Crippen LogP contribution >= 0.6 is 34.5 Å². The van der Waals surface area contributed by atoms with Crippen molar-refractivity contribution in [2.24, 2.45) is 0 Å². The van der Waals surface area contributed by atoms with Gasteiger partial charge in [-0.3, -0.25) is 28.7 Å². The summed E-state index contributed by atoms with van der Waals surface area (Å²) in [5.41, 5.74) is 3.97. The largest absolute Gasteiger partial charge is 0.387 e. The second-order valence-corrected chi connectivity index (χ2v) is 16.4. The van der Waals surface area contributed by atoms with Crippen LogP contribution in [0, 0.1) is 0 Å². The van der Waals surface area contributed by atoms with E-state index < -0.39 is 6.61 Å². The van der Waals surface area contributed by atoms with Gasteiger partial charge in [0.2, 0.25) is 29.5 Å². The molecule has 16 nitrogen and oxygen atoms in total. The highest BCUT2D eigenvalue weighted by atomic mass is 35.5. The number of carbonyl (C=O) groups excluding carboxylic acids is 5. The molecule has 3 aromatic heterocycles. The lowest BCUT2D eigenvalue weighted by Crippen LogP contribution is -2.51. The van der Waals surface area contributed by atoms with Crippen LogP contribution < -0.4 is 15.5 Å². The fourth-order valence-electron chi connectivity index (χ4n) is 6.94. The second kappa shape index (κ2) is 20.5. The van der Waals surface area contributed by atoms with Crippen molar-refractivity contribution < 1.29 is 33.8 Å². The molecule has 1 aromatic carbocycles. The fraction of sp³-hybridized carbons (Fsp3) is 0.450. The highest BCUT2D eigenvalue weighted by Crippen LogP contribution is 2.42. The number of likely N-dealkylation sites (N-methyl/N-ethyl adjacent to an activating group) is 1. The Bertz CT molecular complexity index is 2200. The minimum absolute atomic E-state index is 0.0393. The van der Waals surface area contributed by atoms with E-state index in [2.05, 4.69) is 15.6 Å². The van der Waals surface area contributed by atoms with Gasteiger partial charge in [-0.2, -0.15) is 5.10 Å². The molecular formula is C40H49Cl2N9O7S. The number of benzene rings is 1. The summed E-state index contributed by atoms with van der Waals surface area (Å²) in [5.74, 6) is -0.968. The Hall–Kier alpha value is -4.78. The van der Waals surface area contributed by atoms with Crippen LogP contribution in [0.2, 0.25) is 10.0 Å². The van der Waals surface area contributed by atoms with Gasteiger partial charge < -0.3 is 45.1 Å². The number of aliphatic hydroxyl groups is 1. The molecule has 0 saturated carbocycles. The maximum absolute atomic E-state index is 12.8. The summed E-state index contributed by atoms with van der Waals surface area (Å²) in [7, 11) is 3.84. The van der Waals surface area contributed by atoms with Gasteiger partial charge in [0, 0.05) is 104 Å². The first-order chi connectivity index (χ1) is 28.4. The standard InChI is InChI=1S/C40H49Cl2N9O7S/c1-47(2)14-3-4-34(55)49-18-19-51(35(56)24-49)37-6-5-26(59-37)7-12-43-32(53)10-20-58-21-11-33(54)44-13-17-50-16-9-31(46-50)27-22-29(41)39(42)40-38(27)28-23-48(36(57)25-52)15-8-30(28)45-40/h3-6,9,16,22,45,52H,7-8,10-15,17-21,23-25H2,1-2H3,(H,43,53)(H,44,54)/b4-3+. The summed E-state index contributed by atoms with van der Waals surface area (Å²) >= 11 is 14.6. The minimum atomic E-state index is -0.556. The summed E-state index contributed by atoms with van der Waals surface area (Å²) in [6, 6.07) is 7.47. The van der Waals surface area contributed by atoms with Crippen molar-refractivity contribution in [3.8, 4) is 11.3 Å². The normalized spacial score (nSPS) is 14.5. The zero-order valence-electron chi connectivity index (χ0n) is 33.1. The van der Waals surface area contributed by atoms with Gasteiger partial charge in [-0.05, 0) is 44.8 Å². The lowest BCUT2D eigenvalue weighted by Gasteiger charge is -2.33. The number of aromatic nitrogens is 3. The Morgan fingerprint density at radius 2 is 1.78 bits per heavy atom. The number of nitrogens with zero attached hydrogens (tertiary/aromatic N) is 6. The Labute approximate surface area is 356 Å². The van der Waals surface area contributed by atoms with Crippen molar-refractivity contribution in [2.45, 2.75) is 38.8 Å². The first-order valence-electron chi connectivity index (χ1n) is 19.5. The number of nitrogens with one attached hydrogen (secondary N) is 3. The first kappa shape index (κ1) is 43.8. The number of hydrogen-bond acceptors (Lipinski definition) is 10. The molecule has 0 atom stereocenters. The molecule has 0 spiro atoms. The summed E-state index contributed by atoms with van der Waals surface area (Å²) in [6.07, 6.45) is 6.63. The number of fused-ring (bicyclic) bond motifs is 3. The van der Waals surface area contributed by atoms with Gasteiger partial charge in [0.1, 0.15) is 13.2 Å². The highest BCUT2D eigenvalue weighted by molar-refractivity contribution is 7.16. The number of piperazine rings is 1. The zero-order valence-corrected chi connectivity index (χ0v) is 35.4. The van der Waals surface area contributed by atoms with Crippen LogP contribution in [0.5, 0.6) is 0 Å². The van der Waals surface area contributed by atoms with Crippen molar-refractivity contribution in [2.75, 3.05) is 84.6 Å². The van der Waals surface area contributed by atoms with Crippen LogP contribution in [-0.4, -0.2) is 144 Å². The SMILES string of the molecule is CN(C)C/C=C/C(=O)N1CCN(c2ccc(CCNC(=O)CCOCCC(=O)NCCn3ccc(-c4cc(Cl)c(Cl)c5[nH]c6c(c45)CN(C(=O)CO)CC6)n3)s2)C(=O)C1. The summed E-state index contributed by atoms with van der Waals surface area (Å²) < 4.78 is 7.26. The average Bonchev–Trinajstić information content (AvgIpc) is 3.98. The lowest BCUT2D eigenvalue weighted by molar-refractivity contribution is -0.135. The number of thiophene rings is 1. The molecule has 316 valence electrons. The van der Waals surface area contributed by atoms with Crippen LogP contribution in [0.25, 0.3) is 22.2 Å². The number of amides is 5. The van der Waals surface area contributed by atoms with Crippen molar-refractivity contribution in [3.63, 3.8) is 0 Å². The number of halogens is 2. The number of H-pyrrole nitrogens is 1. The summed E-state index contributed by atoms with van der Waals surface area (Å²) in [5, 5.41) is 22.3. The highest BCUT2D eigenvalue weighted by Gasteiger charge is 2.29. The molecule has 2 aliphatic rings. The number of aliphatic hydroxyl groups excluding tert-OH is 1. The number of rotatable bonds is 18. The molecule has 2 aliphatic heterocycles. The second-order valence-electron chi connectivity index (χ2n) is 14.5. The van der Waals surface area contributed by atoms with Gasteiger partial charge in [0.15, 0.2) is 0 Å². The molecular weight excluding hydrogens is 821 g/mol. The van der Waals surface area contributed by atoms with Crippen LogP contribution in [-0.2, 0) is 54.6 Å². The van der Waals surface area contributed by atoms with Crippen LogP contribution in [0.4, 0.5) is 5.00 Å². The number of carbonyl (C=O) groups is 5. The Morgan fingerprint density at radius 1 is 1.02 bits per heavy atom. The maximum Gasteiger partial charge on any atom is 0.248 e. The smallest absolute Gasteiger partial charge is 0.248 e. The molecule has 0 radical (unpaired) electrons. The number of anilines is 1. The average molecular weight is 871 g/mol. The lowest BCUT2D eigenvalue weighted by atomic mass is 9.99. The molecule has 0 aliphatic carbocycles. The van der Waals surface area contributed by atoms with Crippen molar-refractivity contribution in [1.82, 2.24) is 40.1 Å². The van der Waals surface area contributed by atoms with E-state index in [-0.39, 0.29) is 62.1 Å². The molecule has 19 heteroatoms. The number of ether oxygens (including phenoxy) is 1. The molecule has 4 aromatic rings. The third kappa shape index (κ3) is 11.3. The van der Waals surface area contributed by atoms with Gasteiger partial charge >= 0.3 is 0 Å². The maximum atomic E-state index is 12.8. The van der Waals surface area contributed by atoms with Crippen molar-refractivity contribution in [1.29, 1.82) is 0 Å². The third-order valence-corrected chi connectivity index (χ3v) is 12.0. The van der Waals surface area contributed by atoms with E-state index in [0.29, 0.717) is 86.5 Å². The summed E-state index contributed by atoms with van der Waals surface area (Å²) in [4.78, 5) is 73.6.